The molecule has 4 rings (SSSR count). The number of aromatic nitrogens is 1. The highest BCUT2D eigenvalue weighted by Crippen LogP contribution is 2.34. The minimum absolute atomic E-state index is 0.269. The SMILES string of the molecule is COc1ccc(S(=O)(=O)N2CCN(c3nc(-c4ccc(Cl)cc4Cl)cs3)CC2)cc1. The van der Waals surface area contributed by atoms with E-state index >= 15 is 0 Å². The van der Waals surface area contributed by atoms with E-state index in [9.17, 15) is 8.42 Å². The number of rotatable bonds is 5. The summed E-state index contributed by atoms with van der Waals surface area (Å²) in [5, 5.41) is 3.92. The molecule has 1 aromatic heterocycles. The molecule has 6 nitrogen and oxygen atoms in total. The van der Waals surface area contributed by atoms with E-state index in [2.05, 4.69) is 4.90 Å². The summed E-state index contributed by atoms with van der Waals surface area (Å²) in [6, 6.07) is 11.8. The van der Waals surface area contributed by atoms with Crippen molar-refractivity contribution in [2.45, 2.75) is 4.90 Å². The Bertz CT molecular complexity index is 1140. The van der Waals surface area contributed by atoms with E-state index in [-0.39, 0.29) is 4.90 Å². The van der Waals surface area contributed by atoms with Gasteiger partial charge in [-0.2, -0.15) is 4.31 Å². The van der Waals surface area contributed by atoms with E-state index in [0.29, 0.717) is 42.0 Å². The molecule has 0 bridgehead atoms. The lowest BCUT2D eigenvalue weighted by molar-refractivity contribution is 0.384. The average Bonchev–Trinajstić information content (AvgIpc) is 3.24. The second-order valence-electron chi connectivity index (χ2n) is 6.71. The zero-order valence-corrected chi connectivity index (χ0v) is 19.2. The highest BCUT2D eigenvalue weighted by atomic mass is 35.5. The van der Waals surface area contributed by atoms with Gasteiger partial charge in [0.25, 0.3) is 0 Å². The third-order valence-electron chi connectivity index (χ3n) is 4.91. The average molecular weight is 484 g/mol. The number of benzene rings is 2. The maximum absolute atomic E-state index is 12.9. The largest absolute Gasteiger partial charge is 0.497 e. The molecule has 2 aromatic carbocycles. The first kappa shape index (κ1) is 21.4. The van der Waals surface area contributed by atoms with Crippen molar-refractivity contribution in [1.82, 2.24) is 9.29 Å². The van der Waals surface area contributed by atoms with Crippen LogP contribution in [0.1, 0.15) is 0 Å². The number of nitrogens with zero attached hydrogens (tertiary/aromatic N) is 3. The molecule has 0 N–H and O–H groups in total. The molecule has 1 saturated heterocycles. The summed E-state index contributed by atoms with van der Waals surface area (Å²) in [7, 11) is -1.99. The number of methoxy groups -OCH3 is 1. The van der Waals surface area contributed by atoms with Gasteiger partial charge in [-0.05, 0) is 42.5 Å². The molecular formula is C20H19Cl2N3O3S2. The normalized spacial score (nSPS) is 15.4. The Hall–Kier alpha value is -1.84. The monoisotopic (exact) mass is 483 g/mol. The minimum atomic E-state index is -3.54. The molecule has 30 heavy (non-hydrogen) atoms. The number of hydrogen-bond donors (Lipinski definition) is 0. The van der Waals surface area contributed by atoms with Crippen molar-refractivity contribution in [3.05, 3.63) is 57.9 Å². The Balaban J connectivity index is 1.45. The quantitative estimate of drug-likeness (QED) is 0.528. The zero-order valence-electron chi connectivity index (χ0n) is 16.1. The van der Waals surface area contributed by atoms with Gasteiger partial charge in [0.2, 0.25) is 10.0 Å². The lowest BCUT2D eigenvalue weighted by Crippen LogP contribution is -2.48. The predicted octanol–water partition coefficient (Wildman–Crippen LogP) is 4.64. The standard InChI is InChI=1S/C20H19Cl2N3O3S2/c1-28-15-3-5-16(6-4-15)30(26,27)25-10-8-24(9-11-25)20-23-19(13-29-20)17-7-2-14(21)12-18(17)22/h2-7,12-13H,8-11H2,1H3. The van der Waals surface area contributed by atoms with Crippen molar-refractivity contribution in [3.63, 3.8) is 0 Å². The summed E-state index contributed by atoms with van der Waals surface area (Å²) < 4.78 is 32.4. The lowest BCUT2D eigenvalue weighted by atomic mass is 10.2. The number of hydrogen-bond acceptors (Lipinski definition) is 6. The van der Waals surface area contributed by atoms with Crippen molar-refractivity contribution < 1.29 is 13.2 Å². The van der Waals surface area contributed by atoms with Gasteiger partial charge in [0.1, 0.15) is 5.75 Å². The molecule has 3 aromatic rings. The third-order valence-corrected chi connectivity index (χ3v) is 8.27. The molecule has 0 amide bonds. The number of thiazole rings is 1. The highest BCUT2D eigenvalue weighted by Gasteiger charge is 2.29. The molecule has 0 spiro atoms. The highest BCUT2D eigenvalue weighted by molar-refractivity contribution is 7.89. The number of halogens is 2. The van der Waals surface area contributed by atoms with Gasteiger partial charge in [-0.15, -0.1) is 11.3 Å². The number of sulfonamides is 1. The van der Waals surface area contributed by atoms with Crippen molar-refractivity contribution in [3.8, 4) is 17.0 Å². The van der Waals surface area contributed by atoms with Crippen molar-refractivity contribution in [2.75, 3.05) is 38.2 Å². The predicted molar refractivity (Wildman–Crippen MR) is 122 cm³/mol. The first-order valence-corrected chi connectivity index (χ1v) is 12.3. The molecule has 10 heteroatoms. The van der Waals surface area contributed by atoms with Crippen molar-refractivity contribution in [1.29, 1.82) is 0 Å². The first-order chi connectivity index (χ1) is 14.4. The smallest absolute Gasteiger partial charge is 0.243 e. The summed E-state index contributed by atoms with van der Waals surface area (Å²) >= 11 is 13.8. The zero-order chi connectivity index (χ0) is 21.3. The second-order valence-corrected chi connectivity index (χ2v) is 10.3. The fraction of sp³-hybridized carbons (Fsp3) is 0.250. The van der Waals surface area contributed by atoms with Gasteiger partial charge in [-0.3, -0.25) is 0 Å². The third kappa shape index (κ3) is 4.29. The number of anilines is 1. The van der Waals surface area contributed by atoms with Crippen molar-refractivity contribution in [2.24, 2.45) is 0 Å². The molecule has 1 aliphatic rings. The Morgan fingerprint density at radius 3 is 2.37 bits per heavy atom. The topological polar surface area (TPSA) is 62.7 Å². The van der Waals surface area contributed by atoms with Crippen LogP contribution in [0.2, 0.25) is 10.0 Å². The summed E-state index contributed by atoms with van der Waals surface area (Å²) in [5.41, 5.74) is 1.61. The van der Waals surface area contributed by atoms with Gasteiger partial charge in [0, 0.05) is 42.1 Å². The summed E-state index contributed by atoms with van der Waals surface area (Å²) in [4.78, 5) is 7.06. The maximum Gasteiger partial charge on any atom is 0.243 e. The molecule has 0 atom stereocenters. The summed E-state index contributed by atoms with van der Waals surface area (Å²) in [6.07, 6.45) is 0. The van der Waals surface area contributed by atoms with Gasteiger partial charge in [0.15, 0.2) is 5.13 Å². The van der Waals surface area contributed by atoms with E-state index in [0.717, 1.165) is 16.4 Å². The van der Waals surface area contributed by atoms with Crippen LogP contribution in [0.25, 0.3) is 11.3 Å². The lowest BCUT2D eigenvalue weighted by Gasteiger charge is -2.33. The van der Waals surface area contributed by atoms with Crippen LogP contribution in [0.3, 0.4) is 0 Å². The summed E-state index contributed by atoms with van der Waals surface area (Å²) in [5.74, 6) is 0.624. The Kier molecular flexibility index (Phi) is 6.22. The van der Waals surface area contributed by atoms with Gasteiger partial charge >= 0.3 is 0 Å². The molecule has 0 unspecified atom stereocenters. The van der Waals surface area contributed by atoms with E-state index < -0.39 is 10.0 Å². The van der Waals surface area contributed by atoms with Gasteiger partial charge < -0.3 is 9.64 Å². The minimum Gasteiger partial charge on any atom is -0.497 e. The van der Waals surface area contributed by atoms with E-state index in [4.69, 9.17) is 32.9 Å². The number of piperazine rings is 1. The molecule has 0 radical (unpaired) electrons. The fourth-order valence-electron chi connectivity index (χ4n) is 3.25. The van der Waals surface area contributed by atoms with Crippen molar-refractivity contribution >= 4 is 49.7 Å². The fourth-order valence-corrected chi connectivity index (χ4v) is 6.05. The maximum atomic E-state index is 12.9. The van der Waals surface area contributed by atoms with Crippen LogP contribution in [0.4, 0.5) is 5.13 Å². The van der Waals surface area contributed by atoms with Crippen LogP contribution < -0.4 is 9.64 Å². The molecular weight excluding hydrogens is 465 g/mol. The van der Waals surface area contributed by atoms with E-state index in [1.165, 1.54) is 15.6 Å². The van der Waals surface area contributed by atoms with Gasteiger partial charge in [-0.25, -0.2) is 13.4 Å². The van der Waals surface area contributed by atoms with Crippen LogP contribution in [0, 0.1) is 0 Å². The van der Waals surface area contributed by atoms with Gasteiger partial charge in [0.05, 0.1) is 22.7 Å². The second kappa shape index (κ2) is 8.72. The molecule has 1 fully saturated rings. The number of ether oxygens (including phenoxy) is 1. The Morgan fingerprint density at radius 1 is 1.03 bits per heavy atom. The van der Waals surface area contributed by atoms with E-state index in [1.807, 2.05) is 11.4 Å². The van der Waals surface area contributed by atoms with Gasteiger partial charge in [-0.1, -0.05) is 23.2 Å². The first-order valence-electron chi connectivity index (χ1n) is 9.18. The molecule has 0 aliphatic carbocycles. The molecule has 1 aliphatic heterocycles. The Labute approximate surface area is 189 Å². The van der Waals surface area contributed by atoms with Crippen LogP contribution in [-0.4, -0.2) is 51.0 Å². The van der Waals surface area contributed by atoms with Crippen LogP contribution >= 0.6 is 34.5 Å². The van der Waals surface area contributed by atoms with Crippen LogP contribution in [-0.2, 0) is 10.0 Å². The Morgan fingerprint density at radius 2 is 1.73 bits per heavy atom. The summed E-state index contributed by atoms with van der Waals surface area (Å²) in [6.45, 7) is 1.92. The van der Waals surface area contributed by atoms with Crippen LogP contribution in [0.5, 0.6) is 5.75 Å². The van der Waals surface area contributed by atoms with E-state index in [1.54, 1.807) is 43.5 Å². The molecule has 158 valence electrons. The molecule has 2 heterocycles. The van der Waals surface area contributed by atoms with Crippen LogP contribution in [0.15, 0.2) is 52.7 Å². The molecule has 0 saturated carbocycles.